The van der Waals surface area contributed by atoms with Gasteiger partial charge in [-0.2, -0.15) is 5.10 Å². The lowest BCUT2D eigenvalue weighted by Crippen LogP contribution is -2.53. The zero-order valence-corrected chi connectivity index (χ0v) is 25.8. The molecular formula is C34H34FN5O3S. The molecule has 1 atom stereocenters. The molecule has 1 saturated heterocycles. The van der Waals surface area contributed by atoms with Crippen LogP contribution >= 0.6 is 11.8 Å². The van der Waals surface area contributed by atoms with E-state index in [1.807, 2.05) is 62.4 Å². The van der Waals surface area contributed by atoms with E-state index >= 15 is 0 Å². The van der Waals surface area contributed by atoms with Crippen molar-refractivity contribution in [3.05, 3.63) is 101 Å². The SMILES string of the molecule is CC(=O)N1CCN(C(=O)CN2C(=O)CSC(c3ccc(F)cc3)c3c(-c4ccccc4)nn(-c4cccc(C)c4C)c32)CC1. The number of aryl methyl sites for hydroxylation is 1. The highest BCUT2D eigenvalue weighted by molar-refractivity contribution is 8.00. The van der Waals surface area contributed by atoms with Crippen molar-refractivity contribution in [2.75, 3.05) is 43.4 Å². The minimum Gasteiger partial charge on any atom is -0.339 e. The second-order valence-corrected chi connectivity index (χ2v) is 12.3. The van der Waals surface area contributed by atoms with E-state index in [0.29, 0.717) is 37.7 Å². The number of carbonyl (C=O) groups excluding carboxylic acids is 3. The minimum atomic E-state index is -0.345. The summed E-state index contributed by atoms with van der Waals surface area (Å²) < 4.78 is 15.9. The fourth-order valence-corrected chi connectivity index (χ4v) is 7.07. The zero-order chi connectivity index (χ0) is 31.0. The third kappa shape index (κ3) is 5.61. The van der Waals surface area contributed by atoms with Gasteiger partial charge in [0.05, 0.1) is 22.4 Å². The van der Waals surface area contributed by atoms with Crippen LogP contribution in [0.5, 0.6) is 0 Å². The molecule has 3 aromatic carbocycles. The molecule has 0 spiro atoms. The molecule has 0 aliphatic carbocycles. The van der Waals surface area contributed by atoms with Gasteiger partial charge < -0.3 is 9.80 Å². The summed E-state index contributed by atoms with van der Waals surface area (Å²) >= 11 is 1.45. The number of aromatic nitrogens is 2. The summed E-state index contributed by atoms with van der Waals surface area (Å²) in [5.41, 5.74) is 6.11. The molecule has 10 heteroatoms. The van der Waals surface area contributed by atoms with Crippen molar-refractivity contribution in [2.45, 2.75) is 26.0 Å². The molecule has 44 heavy (non-hydrogen) atoms. The van der Waals surface area contributed by atoms with Gasteiger partial charge in [0, 0.05) is 44.2 Å². The molecule has 0 N–H and O–H groups in total. The van der Waals surface area contributed by atoms with E-state index < -0.39 is 0 Å². The van der Waals surface area contributed by atoms with Gasteiger partial charge in [-0.05, 0) is 48.7 Å². The Bertz CT molecular complexity index is 1710. The summed E-state index contributed by atoms with van der Waals surface area (Å²) in [6.45, 7) is 7.16. The number of hydrogen-bond donors (Lipinski definition) is 0. The number of thioether (sulfide) groups is 1. The van der Waals surface area contributed by atoms with E-state index in [2.05, 4.69) is 0 Å². The molecule has 3 heterocycles. The molecule has 3 amide bonds. The first-order valence-corrected chi connectivity index (χ1v) is 15.7. The third-order valence-electron chi connectivity index (χ3n) is 8.48. The smallest absolute Gasteiger partial charge is 0.242 e. The van der Waals surface area contributed by atoms with Crippen LogP contribution in [-0.2, 0) is 14.4 Å². The van der Waals surface area contributed by atoms with Crippen LogP contribution in [0.2, 0.25) is 0 Å². The van der Waals surface area contributed by atoms with E-state index in [0.717, 1.165) is 33.5 Å². The van der Waals surface area contributed by atoms with Crippen molar-refractivity contribution >= 4 is 35.3 Å². The Balaban J connectivity index is 1.54. The maximum absolute atomic E-state index is 14.0. The first-order chi connectivity index (χ1) is 21.2. The van der Waals surface area contributed by atoms with Crippen molar-refractivity contribution in [1.29, 1.82) is 0 Å². The van der Waals surface area contributed by atoms with Crippen molar-refractivity contribution in [1.82, 2.24) is 19.6 Å². The Labute approximate surface area is 260 Å². The highest BCUT2D eigenvalue weighted by Gasteiger charge is 2.38. The molecule has 8 nitrogen and oxygen atoms in total. The van der Waals surface area contributed by atoms with Crippen LogP contribution < -0.4 is 4.90 Å². The van der Waals surface area contributed by atoms with Gasteiger partial charge in [0.1, 0.15) is 18.2 Å². The summed E-state index contributed by atoms with van der Waals surface area (Å²) in [4.78, 5) is 44.7. The Morgan fingerprint density at radius 3 is 2.27 bits per heavy atom. The molecule has 1 aromatic heterocycles. The normalized spacial score (nSPS) is 17.0. The van der Waals surface area contributed by atoms with Gasteiger partial charge in [0.2, 0.25) is 17.7 Å². The molecule has 2 aliphatic heterocycles. The number of fused-ring (bicyclic) bond motifs is 1. The van der Waals surface area contributed by atoms with Crippen LogP contribution in [0.3, 0.4) is 0 Å². The lowest BCUT2D eigenvalue weighted by molar-refractivity contribution is -0.137. The maximum atomic E-state index is 14.0. The molecule has 226 valence electrons. The molecule has 4 aromatic rings. The number of hydrogen-bond acceptors (Lipinski definition) is 5. The lowest BCUT2D eigenvalue weighted by Gasteiger charge is -2.35. The van der Waals surface area contributed by atoms with Crippen molar-refractivity contribution in [3.63, 3.8) is 0 Å². The number of benzene rings is 3. The largest absolute Gasteiger partial charge is 0.339 e. The highest BCUT2D eigenvalue weighted by atomic mass is 32.2. The fourth-order valence-electron chi connectivity index (χ4n) is 5.87. The Hall–Kier alpha value is -4.44. The van der Waals surface area contributed by atoms with Crippen molar-refractivity contribution < 1.29 is 18.8 Å². The molecule has 6 rings (SSSR count). The fraction of sp³-hybridized carbons (Fsp3) is 0.294. The number of nitrogens with zero attached hydrogens (tertiary/aromatic N) is 5. The van der Waals surface area contributed by atoms with Gasteiger partial charge >= 0.3 is 0 Å². The summed E-state index contributed by atoms with van der Waals surface area (Å²) in [5.74, 6) is -0.0781. The van der Waals surface area contributed by atoms with Crippen LogP contribution in [0.4, 0.5) is 10.2 Å². The van der Waals surface area contributed by atoms with E-state index in [1.54, 1.807) is 31.5 Å². The number of anilines is 1. The highest BCUT2D eigenvalue weighted by Crippen LogP contribution is 2.48. The first-order valence-electron chi connectivity index (χ1n) is 14.7. The van der Waals surface area contributed by atoms with E-state index in [9.17, 15) is 18.8 Å². The van der Waals surface area contributed by atoms with Gasteiger partial charge in [0.15, 0.2) is 0 Å². The third-order valence-corrected chi connectivity index (χ3v) is 9.74. The molecule has 0 saturated carbocycles. The second-order valence-electron chi connectivity index (χ2n) is 11.2. The minimum absolute atomic E-state index is 0.0147. The lowest BCUT2D eigenvalue weighted by atomic mass is 9.99. The van der Waals surface area contributed by atoms with Crippen molar-refractivity contribution in [2.24, 2.45) is 0 Å². The number of rotatable bonds is 5. The average molecular weight is 612 g/mol. The van der Waals surface area contributed by atoms with E-state index in [4.69, 9.17) is 5.10 Å². The first kappa shape index (κ1) is 29.6. The number of carbonyl (C=O) groups is 3. The van der Waals surface area contributed by atoms with E-state index in [-0.39, 0.29) is 41.1 Å². The maximum Gasteiger partial charge on any atom is 0.242 e. The van der Waals surface area contributed by atoms with Crippen LogP contribution in [-0.4, -0.2) is 75.8 Å². The zero-order valence-electron chi connectivity index (χ0n) is 25.0. The molecular weight excluding hydrogens is 577 g/mol. The van der Waals surface area contributed by atoms with Gasteiger partial charge in [0.25, 0.3) is 0 Å². The summed E-state index contributed by atoms with van der Waals surface area (Å²) in [7, 11) is 0. The Morgan fingerprint density at radius 2 is 1.59 bits per heavy atom. The summed E-state index contributed by atoms with van der Waals surface area (Å²) in [6.07, 6.45) is 0. The van der Waals surface area contributed by atoms with Gasteiger partial charge in [-0.1, -0.05) is 54.6 Å². The molecule has 1 fully saturated rings. The van der Waals surface area contributed by atoms with Crippen molar-refractivity contribution in [3.8, 4) is 16.9 Å². The topological polar surface area (TPSA) is 78.8 Å². The molecule has 0 radical (unpaired) electrons. The monoisotopic (exact) mass is 611 g/mol. The Kier molecular flexibility index (Phi) is 8.27. The van der Waals surface area contributed by atoms with E-state index in [1.165, 1.54) is 30.8 Å². The molecule has 0 bridgehead atoms. The quantitative estimate of drug-likeness (QED) is 0.312. The molecule has 1 unspecified atom stereocenters. The van der Waals surface area contributed by atoms with Crippen LogP contribution in [0.1, 0.15) is 34.4 Å². The number of halogens is 1. The Morgan fingerprint density at radius 1 is 0.909 bits per heavy atom. The average Bonchev–Trinajstić information content (AvgIpc) is 3.35. The van der Waals surface area contributed by atoms with Gasteiger partial charge in [-0.3, -0.25) is 19.3 Å². The van der Waals surface area contributed by atoms with Crippen LogP contribution in [0.25, 0.3) is 16.9 Å². The van der Waals surface area contributed by atoms with Gasteiger partial charge in [-0.15, -0.1) is 11.8 Å². The second kappa shape index (κ2) is 12.3. The summed E-state index contributed by atoms with van der Waals surface area (Å²) in [6, 6.07) is 22.1. The van der Waals surface area contributed by atoms with Crippen LogP contribution in [0, 0.1) is 19.7 Å². The predicted molar refractivity (Wildman–Crippen MR) is 170 cm³/mol. The summed E-state index contributed by atoms with van der Waals surface area (Å²) in [5, 5.41) is 4.82. The number of amides is 3. The molecule has 2 aliphatic rings. The van der Waals surface area contributed by atoms with Gasteiger partial charge in [-0.25, -0.2) is 9.07 Å². The number of piperazine rings is 1. The predicted octanol–water partition coefficient (Wildman–Crippen LogP) is 5.16. The standard InChI is InChI=1S/C34H34FN5O3S/c1-22-8-7-11-28(23(22)2)40-34-31(32(36-40)25-9-5-4-6-10-25)33(26-12-14-27(35)15-13-26)44-21-30(43)39(34)20-29(42)38-18-16-37(17-19-38)24(3)41/h4-15,33H,16-21H2,1-3H3. The van der Waals surface area contributed by atoms with Crippen LogP contribution in [0.15, 0.2) is 72.8 Å².